The van der Waals surface area contributed by atoms with E-state index in [0.29, 0.717) is 6.04 Å². The van der Waals surface area contributed by atoms with Gasteiger partial charge in [-0.25, -0.2) is 4.98 Å². The molecule has 1 atom stereocenters. The average molecular weight is 261 g/mol. The molecule has 0 spiro atoms. The fourth-order valence-electron chi connectivity index (χ4n) is 2.05. The van der Waals surface area contributed by atoms with Crippen molar-refractivity contribution in [1.82, 2.24) is 15.3 Å². The lowest BCUT2D eigenvalue weighted by Crippen LogP contribution is -2.19. The molecule has 2 aromatic rings. The summed E-state index contributed by atoms with van der Waals surface area (Å²) in [6, 6.07) is 7.04. The number of thioether (sulfide) groups is 1. The Kier molecular flexibility index (Phi) is 4.44. The average Bonchev–Trinajstić information content (AvgIpc) is 2.81. The highest BCUT2D eigenvalue weighted by molar-refractivity contribution is 7.99. The van der Waals surface area contributed by atoms with Crippen molar-refractivity contribution in [3.05, 3.63) is 47.3 Å². The second kappa shape index (κ2) is 6.07. The Morgan fingerprint density at radius 3 is 2.56 bits per heavy atom. The zero-order chi connectivity index (χ0) is 13.0. The monoisotopic (exact) mass is 261 g/mol. The molecule has 0 aliphatic heterocycles. The van der Waals surface area contributed by atoms with Crippen LogP contribution >= 0.6 is 11.8 Å². The Balaban J connectivity index is 2.07. The number of benzene rings is 1. The van der Waals surface area contributed by atoms with Gasteiger partial charge in [-0.3, -0.25) is 0 Å². The van der Waals surface area contributed by atoms with E-state index < -0.39 is 0 Å². The molecule has 3 nitrogen and oxygen atoms in total. The number of aromatic nitrogens is 2. The fourth-order valence-corrected chi connectivity index (χ4v) is 3.02. The molecule has 2 rings (SSSR count). The maximum absolute atomic E-state index is 4.23. The van der Waals surface area contributed by atoms with Gasteiger partial charge in [0.2, 0.25) is 0 Å². The van der Waals surface area contributed by atoms with Crippen LogP contribution in [0.4, 0.5) is 0 Å². The second-order valence-corrected chi connectivity index (χ2v) is 5.48. The predicted octanol–water partition coefficient (Wildman–Crippen LogP) is 3.08. The Bertz CT molecular complexity index is 473. The maximum Gasteiger partial charge on any atom is 0.165 e. The standard InChI is InChI=1S/C14H19N3S/c1-10-6-11(2)8-12(7-10)13(15-3)9-18-14-16-4-5-17-14/h4-8,13,15H,9H2,1-3H3,(H,16,17). The molecule has 0 bridgehead atoms. The van der Waals surface area contributed by atoms with E-state index in [2.05, 4.69) is 47.3 Å². The molecule has 18 heavy (non-hydrogen) atoms. The summed E-state index contributed by atoms with van der Waals surface area (Å²) < 4.78 is 0. The Hall–Kier alpha value is -1.26. The van der Waals surface area contributed by atoms with Crippen molar-refractivity contribution >= 4 is 11.8 Å². The first-order valence-electron chi connectivity index (χ1n) is 6.06. The zero-order valence-corrected chi connectivity index (χ0v) is 11.8. The lowest BCUT2D eigenvalue weighted by atomic mass is 10.0. The summed E-state index contributed by atoms with van der Waals surface area (Å²) in [4.78, 5) is 7.35. The number of rotatable bonds is 5. The molecule has 0 saturated heterocycles. The number of H-pyrrole nitrogens is 1. The van der Waals surface area contributed by atoms with Gasteiger partial charge in [0.25, 0.3) is 0 Å². The molecule has 0 aliphatic carbocycles. The number of nitrogens with one attached hydrogen (secondary N) is 2. The van der Waals surface area contributed by atoms with Crippen molar-refractivity contribution in [2.24, 2.45) is 0 Å². The Morgan fingerprint density at radius 1 is 1.28 bits per heavy atom. The third-order valence-electron chi connectivity index (χ3n) is 2.85. The highest BCUT2D eigenvalue weighted by Crippen LogP contribution is 2.23. The highest BCUT2D eigenvalue weighted by atomic mass is 32.2. The summed E-state index contributed by atoms with van der Waals surface area (Å²) in [6.45, 7) is 4.28. The van der Waals surface area contributed by atoms with Gasteiger partial charge in [-0.05, 0) is 26.5 Å². The summed E-state index contributed by atoms with van der Waals surface area (Å²) >= 11 is 1.74. The third kappa shape index (κ3) is 3.37. The topological polar surface area (TPSA) is 40.7 Å². The van der Waals surface area contributed by atoms with Gasteiger partial charge >= 0.3 is 0 Å². The molecule has 0 amide bonds. The quantitative estimate of drug-likeness (QED) is 0.813. The minimum atomic E-state index is 0.346. The molecule has 1 unspecified atom stereocenters. The van der Waals surface area contributed by atoms with Gasteiger partial charge in [0.1, 0.15) is 0 Å². The minimum absolute atomic E-state index is 0.346. The van der Waals surface area contributed by atoms with E-state index in [1.807, 2.05) is 13.2 Å². The fraction of sp³-hybridized carbons (Fsp3) is 0.357. The van der Waals surface area contributed by atoms with Gasteiger partial charge < -0.3 is 10.3 Å². The van der Waals surface area contributed by atoms with E-state index >= 15 is 0 Å². The predicted molar refractivity (Wildman–Crippen MR) is 77.0 cm³/mol. The van der Waals surface area contributed by atoms with Crippen molar-refractivity contribution in [1.29, 1.82) is 0 Å². The van der Waals surface area contributed by atoms with Gasteiger partial charge in [-0.1, -0.05) is 41.1 Å². The maximum atomic E-state index is 4.23. The molecule has 1 heterocycles. The lowest BCUT2D eigenvalue weighted by Gasteiger charge is -2.17. The lowest BCUT2D eigenvalue weighted by molar-refractivity contribution is 0.660. The molecule has 0 aliphatic rings. The SMILES string of the molecule is CNC(CSc1ncc[nH]1)c1cc(C)cc(C)c1. The van der Waals surface area contributed by atoms with Crippen LogP contribution in [-0.2, 0) is 0 Å². The number of hydrogen-bond acceptors (Lipinski definition) is 3. The van der Waals surface area contributed by atoms with Crippen LogP contribution in [0.15, 0.2) is 35.7 Å². The van der Waals surface area contributed by atoms with Crippen molar-refractivity contribution in [3.8, 4) is 0 Å². The first kappa shape index (κ1) is 13.2. The number of hydrogen-bond donors (Lipinski definition) is 2. The number of aromatic amines is 1. The van der Waals surface area contributed by atoms with Gasteiger partial charge in [0.15, 0.2) is 5.16 Å². The van der Waals surface area contributed by atoms with Crippen LogP contribution in [0.25, 0.3) is 0 Å². The summed E-state index contributed by atoms with van der Waals surface area (Å²) in [6.07, 6.45) is 3.64. The summed E-state index contributed by atoms with van der Waals surface area (Å²) in [5, 5.41) is 4.34. The van der Waals surface area contributed by atoms with Crippen molar-refractivity contribution in [2.75, 3.05) is 12.8 Å². The Morgan fingerprint density at radius 2 is 2.00 bits per heavy atom. The molecular weight excluding hydrogens is 242 g/mol. The van der Waals surface area contributed by atoms with E-state index in [1.54, 1.807) is 18.0 Å². The third-order valence-corrected chi connectivity index (χ3v) is 3.85. The van der Waals surface area contributed by atoms with Gasteiger partial charge in [0.05, 0.1) is 0 Å². The molecule has 2 N–H and O–H groups in total. The van der Waals surface area contributed by atoms with Crippen LogP contribution < -0.4 is 5.32 Å². The summed E-state index contributed by atoms with van der Waals surface area (Å²) in [5.74, 6) is 0.965. The van der Waals surface area contributed by atoms with E-state index in [-0.39, 0.29) is 0 Å². The first-order valence-corrected chi connectivity index (χ1v) is 7.05. The van der Waals surface area contributed by atoms with Crippen LogP contribution in [0.2, 0.25) is 0 Å². The summed E-state index contributed by atoms with van der Waals surface area (Å²) in [7, 11) is 2.00. The molecule has 4 heteroatoms. The zero-order valence-electron chi connectivity index (χ0n) is 11.0. The van der Waals surface area contributed by atoms with E-state index in [9.17, 15) is 0 Å². The van der Waals surface area contributed by atoms with Crippen LogP contribution in [0.5, 0.6) is 0 Å². The normalized spacial score (nSPS) is 12.6. The van der Waals surface area contributed by atoms with E-state index in [0.717, 1.165) is 10.9 Å². The number of aryl methyl sites for hydroxylation is 2. The van der Waals surface area contributed by atoms with Crippen LogP contribution in [0, 0.1) is 13.8 Å². The van der Waals surface area contributed by atoms with Crippen molar-refractivity contribution in [3.63, 3.8) is 0 Å². The molecule has 0 radical (unpaired) electrons. The van der Waals surface area contributed by atoms with E-state index in [4.69, 9.17) is 0 Å². The summed E-state index contributed by atoms with van der Waals surface area (Å²) in [5.41, 5.74) is 3.97. The number of imidazole rings is 1. The first-order chi connectivity index (χ1) is 8.69. The van der Waals surface area contributed by atoms with Crippen LogP contribution in [0.3, 0.4) is 0 Å². The second-order valence-electron chi connectivity index (χ2n) is 4.47. The van der Waals surface area contributed by atoms with Crippen molar-refractivity contribution in [2.45, 2.75) is 25.0 Å². The smallest absolute Gasteiger partial charge is 0.165 e. The van der Waals surface area contributed by atoms with Gasteiger partial charge in [-0.15, -0.1) is 0 Å². The largest absolute Gasteiger partial charge is 0.340 e. The highest BCUT2D eigenvalue weighted by Gasteiger charge is 2.11. The molecule has 1 aromatic heterocycles. The van der Waals surface area contributed by atoms with Crippen LogP contribution in [-0.4, -0.2) is 22.8 Å². The van der Waals surface area contributed by atoms with Gasteiger partial charge in [0, 0.05) is 24.2 Å². The van der Waals surface area contributed by atoms with Gasteiger partial charge in [-0.2, -0.15) is 0 Å². The van der Waals surface area contributed by atoms with Crippen LogP contribution in [0.1, 0.15) is 22.7 Å². The Labute approximate surface area is 112 Å². The minimum Gasteiger partial charge on any atom is -0.340 e. The molecule has 96 valence electrons. The molecule has 0 fully saturated rings. The van der Waals surface area contributed by atoms with Crippen molar-refractivity contribution < 1.29 is 0 Å². The molecule has 0 saturated carbocycles. The molecular formula is C14H19N3S. The van der Waals surface area contributed by atoms with E-state index in [1.165, 1.54) is 16.7 Å². The number of nitrogens with zero attached hydrogens (tertiary/aromatic N) is 1. The molecule has 1 aromatic carbocycles.